The Morgan fingerprint density at radius 3 is 3.00 bits per heavy atom. The maximum atomic E-state index is 12.9. The van der Waals surface area contributed by atoms with Gasteiger partial charge in [-0.2, -0.15) is 4.39 Å². The minimum Gasteiger partial charge on any atom is -0.393 e. The van der Waals surface area contributed by atoms with E-state index < -0.39 is 5.95 Å². The molecule has 0 radical (unpaired) electrons. The number of nitrogens with two attached hydrogens (primary N) is 1. The highest BCUT2D eigenvalue weighted by Crippen LogP contribution is 2.13. The summed E-state index contributed by atoms with van der Waals surface area (Å²) in [6.45, 7) is 0. The van der Waals surface area contributed by atoms with Gasteiger partial charge in [-0.3, -0.25) is 0 Å². The third-order valence-corrected chi connectivity index (χ3v) is 1.82. The average molecular weight is 249 g/mol. The molecule has 0 aromatic carbocycles. The van der Waals surface area contributed by atoms with Gasteiger partial charge in [0.2, 0.25) is 5.95 Å². The molecule has 1 heterocycles. The van der Waals surface area contributed by atoms with Crippen LogP contribution in [0.2, 0.25) is 0 Å². The summed E-state index contributed by atoms with van der Waals surface area (Å²) in [5, 5.41) is 0. The molecule has 12 heavy (non-hydrogen) atoms. The standard InChI is InChI=1S/C7H6BrFN2S/c8-5-1-4(2-6(10)12)7(9)11-3-5/h1,3H,2H2,(H2,10,12). The summed E-state index contributed by atoms with van der Waals surface area (Å²) in [6, 6.07) is 1.61. The Kier molecular flexibility index (Phi) is 3.11. The maximum absolute atomic E-state index is 12.9. The minimum atomic E-state index is -0.522. The zero-order valence-electron chi connectivity index (χ0n) is 6.05. The summed E-state index contributed by atoms with van der Waals surface area (Å²) in [7, 11) is 0. The first-order valence-corrected chi connectivity index (χ1v) is 4.38. The molecule has 0 bridgehead atoms. The number of aromatic nitrogens is 1. The van der Waals surface area contributed by atoms with E-state index >= 15 is 0 Å². The highest BCUT2D eigenvalue weighted by Gasteiger charge is 2.04. The first-order valence-electron chi connectivity index (χ1n) is 3.18. The SMILES string of the molecule is NC(=S)Cc1cc(Br)cnc1F. The van der Waals surface area contributed by atoms with E-state index in [0.717, 1.165) is 4.47 Å². The normalized spacial score (nSPS) is 9.83. The van der Waals surface area contributed by atoms with Gasteiger partial charge in [0, 0.05) is 22.7 Å². The van der Waals surface area contributed by atoms with Crippen LogP contribution in [0.1, 0.15) is 5.56 Å². The predicted octanol–water partition coefficient (Wildman–Crippen LogP) is 1.81. The van der Waals surface area contributed by atoms with Crippen LogP contribution in [0.15, 0.2) is 16.7 Å². The highest BCUT2D eigenvalue weighted by molar-refractivity contribution is 9.10. The van der Waals surface area contributed by atoms with Crippen molar-refractivity contribution in [2.24, 2.45) is 5.73 Å². The number of hydrogen-bond acceptors (Lipinski definition) is 2. The molecule has 0 unspecified atom stereocenters. The van der Waals surface area contributed by atoms with Crippen molar-refractivity contribution in [2.75, 3.05) is 0 Å². The topological polar surface area (TPSA) is 38.9 Å². The Morgan fingerprint density at radius 2 is 2.42 bits per heavy atom. The molecular formula is C7H6BrFN2S. The Hall–Kier alpha value is -0.550. The van der Waals surface area contributed by atoms with Crippen LogP contribution in [0, 0.1) is 5.95 Å². The van der Waals surface area contributed by atoms with Crippen LogP contribution >= 0.6 is 28.1 Å². The lowest BCUT2D eigenvalue weighted by Gasteiger charge is -2.00. The second-order valence-corrected chi connectivity index (χ2v) is 3.69. The predicted molar refractivity (Wildman–Crippen MR) is 52.4 cm³/mol. The highest BCUT2D eigenvalue weighted by atomic mass is 79.9. The third kappa shape index (κ3) is 2.49. The van der Waals surface area contributed by atoms with Gasteiger partial charge in [0.25, 0.3) is 0 Å². The second kappa shape index (κ2) is 3.91. The molecule has 2 N–H and O–H groups in total. The fraction of sp³-hybridized carbons (Fsp3) is 0.143. The summed E-state index contributed by atoms with van der Waals surface area (Å²) < 4.78 is 13.6. The van der Waals surface area contributed by atoms with Crippen LogP contribution in [-0.2, 0) is 6.42 Å². The third-order valence-electron chi connectivity index (χ3n) is 1.24. The van der Waals surface area contributed by atoms with E-state index in [2.05, 4.69) is 33.1 Å². The lowest BCUT2D eigenvalue weighted by atomic mass is 10.2. The molecule has 0 aliphatic heterocycles. The smallest absolute Gasteiger partial charge is 0.216 e. The zero-order chi connectivity index (χ0) is 9.14. The Balaban J connectivity index is 2.97. The maximum Gasteiger partial charge on any atom is 0.216 e. The molecule has 1 rings (SSSR count). The van der Waals surface area contributed by atoms with Crippen LogP contribution in [0.4, 0.5) is 4.39 Å². The summed E-state index contributed by atoms with van der Waals surface area (Å²) in [5.41, 5.74) is 5.68. The molecular weight excluding hydrogens is 243 g/mol. The van der Waals surface area contributed by atoms with Crippen molar-refractivity contribution in [3.05, 3.63) is 28.2 Å². The molecule has 0 saturated carbocycles. The monoisotopic (exact) mass is 248 g/mol. The Bertz CT molecular complexity index is 316. The van der Waals surface area contributed by atoms with Crippen molar-refractivity contribution >= 4 is 33.1 Å². The van der Waals surface area contributed by atoms with Crippen molar-refractivity contribution in [1.82, 2.24) is 4.98 Å². The van der Waals surface area contributed by atoms with E-state index in [9.17, 15) is 4.39 Å². The molecule has 0 aliphatic carbocycles. The van der Waals surface area contributed by atoms with Gasteiger partial charge in [-0.05, 0) is 22.0 Å². The van der Waals surface area contributed by atoms with E-state index in [4.69, 9.17) is 5.73 Å². The summed E-state index contributed by atoms with van der Waals surface area (Å²) in [4.78, 5) is 3.76. The summed E-state index contributed by atoms with van der Waals surface area (Å²) in [6.07, 6.45) is 1.63. The lowest BCUT2D eigenvalue weighted by molar-refractivity contribution is 0.571. The number of hydrogen-bond donors (Lipinski definition) is 1. The van der Waals surface area contributed by atoms with Gasteiger partial charge >= 0.3 is 0 Å². The van der Waals surface area contributed by atoms with Gasteiger partial charge in [-0.25, -0.2) is 4.98 Å². The average Bonchev–Trinajstić information content (AvgIpc) is 1.96. The van der Waals surface area contributed by atoms with Crippen molar-refractivity contribution in [1.29, 1.82) is 0 Å². The fourth-order valence-electron chi connectivity index (χ4n) is 0.776. The van der Waals surface area contributed by atoms with Gasteiger partial charge in [0.15, 0.2) is 0 Å². The van der Waals surface area contributed by atoms with Crippen LogP contribution in [0.5, 0.6) is 0 Å². The van der Waals surface area contributed by atoms with Gasteiger partial charge in [-0.15, -0.1) is 0 Å². The number of thiocarbonyl (C=S) groups is 1. The van der Waals surface area contributed by atoms with E-state index in [1.54, 1.807) is 6.07 Å². The van der Waals surface area contributed by atoms with Crippen molar-refractivity contribution in [2.45, 2.75) is 6.42 Å². The zero-order valence-corrected chi connectivity index (χ0v) is 8.45. The van der Waals surface area contributed by atoms with Gasteiger partial charge in [0.1, 0.15) is 0 Å². The minimum absolute atomic E-state index is 0.244. The quantitative estimate of drug-likeness (QED) is 0.641. The Labute approximate surface area is 83.1 Å². The fourth-order valence-corrected chi connectivity index (χ4v) is 1.31. The van der Waals surface area contributed by atoms with Crippen molar-refractivity contribution < 1.29 is 4.39 Å². The Morgan fingerprint density at radius 1 is 1.75 bits per heavy atom. The summed E-state index contributed by atoms with van der Waals surface area (Å²) >= 11 is 7.82. The van der Waals surface area contributed by atoms with E-state index in [1.807, 2.05) is 0 Å². The van der Waals surface area contributed by atoms with Crippen LogP contribution < -0.4 is 5.73 Å². The molecule has 0 spiro atoms. The first kappa shape index (κ1) is 9.54. The molecule has 0 atom stereocenters. The van der Waals surface area contributed by atoms with E-state index in [1.165, 1.54) is 6.20 Å². The molecule has 0 fully saturated rings. The molecule has 64 valence electrons. The van der Waals surface area contributed by atoms with Gasteiger partial charge in [0.05, 0.1) is 4.99 Å². The van der Waals surface area contributed by atoms with Crippen molar-refractivity contribution in [3.63, 3.8) is 0 Å². The van der Waals surface area contributed by atoms with Gasteiger partial charge in [-0.1, -0.05) is 12.2 Å². The largest absolute Gasteiger partial charge is 0.393 e. The van der Waals surface area contributed by atoms with Crippen LogP contribution in [-0.4, -0.2) is 9.97 Å². The second-order valence-electron chi connectivity index (χ2n) is 2.25. The molecule has 2 nitrogen and oxygen atoms in total. The summed E-state index contributed by atoms with van der Waals surface area (Å²) in [5.74, 6) is -0.522. The first-order chi connectivity index (χ1) is 5.59. The number of nitrogens with zero attached hydrogens (tertiary/aromatic N) is 1. The molecule has 1 aromatic heterocycles. The van der Waals surface area contributed by atoms with Gasteiger partial charge < -0.3 is 5.73 Å². The van der Waals surface area contributed by atoms with E-state index in [0.29, 0.717) is 5.56 Å². The van der Waals surface area contributed by atoms with Crippen LogP contribution in [0.25, 0.3) is 0 Å². The van der Waals surface area contributed by atoms with Crippen LogP contribution in [0.3, 0.4) is 0 Å². The molecule has 1 aromatic rings. The molecule has 0 amide bonds. The molecule has 0 aliphatic rings. The van der Waals surface area contributed by atoms with Crippen molar-refractivity contribution in [3.8, 4) is 0 Å². The molecule has 5 heteroatoms. The lowest BCUT2D eigenvalue weighted by Crippen LogP contribution is -2.12. The number of pyridine rings is 1. The number of rotatable bonds is 2. The van der Waals surface area contributed by atoms with E-state index in [-0.39, 0.29) is 11.4 Å². The number of halogens is 2. The molecule has 0 saturated heterocycles.